The van der Waals surface area contributed by atoms with Gasteiger partial charge >= 0.3 is 0 Å². The van der Waals surface area contributed by atoms with Crippen LogP contribution in [0.25, 0.3) is 0 Å². The van der Waals surface area contributed by atoms with E-state index in [-0.39, 0.29) is 41.7 Å². The van der Waals surface area contributed by atoms with Crippen molar-refractivity contribution in [2.24, 2.45) is 23.5 Å². The molecule has 11 nitrogen and oxygen atoms in total. The van der Waals surface area contributed by atoms with Crippen molar-refractivity contribution in [1.29, 1.82) is 0 Å². The van der Waals surface area contributed by atoms with Gasteiger partial charge in [-0.1, -0.05) is 18.5 Å². The molecule has 0 spiro atoms. The van der Waals surface area contributed by atoms with Crippen LogP contribution >= 0.6 is 11.6 Å². The lowest BCUT2D eigenvalue weighted by molar-refractivity contribution is -0.148. The molecule has 1 aliphatic heterocycles. The van der Waals surface area contributed by atoms with Gasteiger partial charge in [0, 0.05) is 29.6 Å². The number of benzene rings is 1. The number of Topliss-reactive ketones (excluding diaryl/α,β-unsaturated/α-hetero) is 2. The molecule has 5 rings (SSSR count). The summed E-state index contributed by atoms with van der Waals surface area (Å²) in [5, 5.41) is 55.5. The molecule has 1 unspecified atom stereocenters. The van der Waals surface area contributed by atoms with Crippen LogP contribution in [0.5, 0.6) is 5.75 Å². The largest absolute Gasteiger partial charge is 0.510 e. The highest BCUT2D eigenvalue weighted by Gasteiger charge is 2.63. The number of primary amides is 1. The lowest BCUT2D eigenvalue weighted by Gasteiger charge is -2.50. The van der Waals surface area contributed by atoms with E-state index >= 15 is 0 Å². The maximum Gasteiger partial charge on any atom is 0.255 e. The molecule has 222 valence electrons. The van der Waals surface area contributed by atoms with Crippen molar-refractivity contribution in [1.82, 2.24) is 9.80 Å². The number of nitrogens with two attached hydrogens (primary N) is 1. The average molecular weight is 590 g/mol. The molecular formula is C29H36ClN3O8. The third-order valence-electron chi connectivity index (χ3n) is 9.42. The highest BCUT2D eigenvalue weighted by Crippen LogP contribution is 2.53. The lowest BCUT2D eigenvalue weighted by Crippen LogP contribution is -2.63. The Morgan fingerprint density at radius 1 is 1.20 bits per heavy atom. The van der Waals surface area contributed by atoms with E-state index in [9.17, 15) is 39.9 Å². The van der Waals surface area contributed by atoms with Gasteiger partial charge in [-0.05, 0) is 75.4 Å². The minimum Gasteiger partial charge on any atom is -0.510 e. The smallest absolute Gasteiger partial charge is 0.255 e. The van der Waals surface area contributed by atoms with Gasteiger partial charge in [0.05, 0.1) is 17.7 Å². The Hall–Kier alpha value is -2.96. The predicted molar refractivity (Wildman–Crippen MR) is 148 cm³/mol. The van der Waals surface area contributed by atoms with E-state index < -0.39 is 58.0 Å². The van der Waals surface area contributed by atoms with Crippen LogP contribution in [0.3, 0.4) is 0 Å². The van der Waals surface area contributed by atoms with Crippen molar-refractivity contribution in [3.8, 4) is 5.75 Å². The SMILES string of the molecule is C[C@H]1CCN(Cc2cc(O)c3c(c2Cl)C[C@H]2C[C@H]4[C@H](N(C)C)C(O)=C(C(N)=O)C(=O)[C@@]4(O)C(O)=C2C3=O)CCC1O. The van der Waals surface area contributed by atoms with Crippen molar-refractivity contribution in [3.63, 3.8) is 0 Å². The number of nitrogens with zero attached hydrogens (tertiary/aromatic N) is 2. The number of halogens is 1. The molecule has 1 saturated heterocycles. The fraction of sp³-hybridized carbons (Fsp3) is 0.552. The molecule has 41 heavy (non-hydrogen) atoms. The zero-order valence-corrected chi connectivity index (χ0v) is 24.0. The Labute approximate surface area is 242 Å². The summed E-state index contributed by atoms with van der Waals surface area (Å²) >= 11 is 6.86. The summed E-state index contributed by atoms with van der Waals surface area (Å²) in [6.07, 6.45) is 1.15. The molecule has 1 amide bonds. The molecule has 1 heterocycles. The molecule has 6 atom stereocenters. The summed E-state index contributed by atoms with van der Waals surface area (Å²) in [5.41, 5.74) is 2.53. The Morgan fingerprint density at radius 3 is 2.49 bits per heavy atom. The number of allylic oxidation sites excluding steroid dienone is 1. The van der Waals surface area contributed by atoms with Crippen molar-refractivity contribution in [2.75, 3.05) is 27.2 Å². The number of carbonyl (C=O) groups is 3. The number of rotatable bonds is 4. The topological polar surface area (TPSA) is 185 Å². The van der Waals surface area contributed by atoms with E-state index in [1.807, 2.05) is 6.92 Å². The third kappa shape index (κ3) is 4.45. The van der Waals surface area contributed by atoms with E-state index in [1.165, 1.54) is 11.0 Å². The fourth-order valence-corrected chi connectivity index (χ4v) is 7.44. The Balaban J connectivity index is 1.57. The van der Waals surface area contributed by atoms with Crippen LogP contribution in [0.2, 0.25) is 5.02 Å². The number of likely N-dealkylation sites (N-methyl/N-ethyl adjacent to an activating group) is 1. The van der Waals surface area contributed by atoms with Crippen molar-refractivity contribution < 1.29 is 39.9 Å². The van der Waals surface area contributed by atoms with Crippen LogP contribution in [0.4, 0.5) is 0 Å². The molecule has 0 bridgehead atoms. The van der Waals surface area contributed by atoms with Crippen LogP contribution in [0.1, 0.15) is 47.7 Å². The van der Waals surface area contributed by atoms with Crippen molar-refractivity contribution in [3.05, 3.63) is 50.4 Å². The summed E-state index contributed by atoms with van der Waals surface area (Å²) in [4.78, 5) is 42.9. The lowest BCUT2D eigenvalue weighted by atomic mass is 9.58. The van der Waals surface area contributed by atoms with Gasteiger partial charge in [-0.25, -0.2) is 0 Å². The summed E-state index contributed by atoms with van der Waals surface area (Å²) in [6, 6.07) is 0.360. The molecule has 1 fully saturated rings. The second-order valence-corrected chi connectivity index (χ2v) is 12.5. The maximum atomic E-state index is 13.8. The van der Waals surface area contributed by atoms with E-state index in [1.54, 1.807) is 14.1 Å². The van der Waals surface area contributed by atoms with Crippen LogP contribution in [-0.2, 0) is 22.6 Å². The normalized spacial score (nSPS) is 32.5. The van der Waals surface area contributed by atoms with Gasteiger partial charge in [0.25, 0.3) is 5.91 Å². The van der Waals surface area contributed by atoms with Crippen LogP contribution in [0, 0.1) is 17.8 Å². The monoisotopic (exact) mass is 589 g/mol. The van der Waals surface area contributed by atoms with Crippen molar-refractivity contribution in [2.45, 2.75) is 56.9 Å². The Kier molecular flexibility index (Phi) is 7.48. The third-order valence-corrected chi connectivity index (χ3v) is 9.89. The predicted octanol–water partition coefficient (Wildman–Crippen LogP) is 1.37. The summed E-state index contributed by atoms with van der Waals surface area (Å²) in [7, 11) is 3.16. The maximum absolute atomic E-state index is 13.8. The standard InChI is InChI=1S/C29H36ClN3O8/c1-12-4-6-33(7-5-17(12)34)11-14-10-18(35)20-15(22(14)30)8-13-9-16-23(32(2)3)25(37)21(28(31)40)27(39)29(16,41)26(38)19(13)24(20)36/h10,12-13,16-17,23,34-35,37-38,41H,4-9,11H2,1-3H3,(H2,31,40)/t12-,13-,16-,17?,23-,29-/m0/s1. The van der Waals surface area contributed by atoms with Gasteiger partial charge in [0.15, 0.2) is 11.4 Å². The number of ketones is 2. The molecule has 4 aliphatic rings. The number of amides is 1. The fourth-order valence-electron chi connectivity index (χ4n) is 7.16. The van der Waals surface area contributed by atoms with Gasteiger partial charge in [0.2, 0.25) is 5.78 Å². The number of aliphatic hydroxyl groups excluding tert-OH is 3. The van der Waals surface area contributed by atoms with E-state index in [2.05, 4.69) is 4.90 Å². The number of aliphatic hydroxyl groups is 4. The number of phenolic OH excluding ortho intramolecular Hbond substituents is 1. The highest BCUT2D eigenvalue weighted by atomic mass is 35.5. The summed E-state index contributed by atoms with van der Waals surface area (Å²) in [6.45, 7) is 3.79. The first-order valence-corrected chi connectivity index (χ1v) is 14.2. The minimum absolute atomic E-state index is 0.00498. The molecular weight excluding hydrogens is 554 g/mol. The Morgan fingerprint density at radius 2 is 1.85 bits per heavy atom. The van der Waals surface area contributed by atoms with Gasteiger partial charge in [0.1, 0.15) is 22.8 Å². The number of carbonyl (C=O) groups excluding carboxylic acids is 3. The van der Waals surface area contributed by atoms with Gasteiger partial charge in [-0.2, -0.15) is 0 Å². The minimum atomic E-state index is -2.68. The number of phenols is 1. The molecule has 3 aliphatic carbocycles. The molecule has 1 aromatic rings. The number of likely N-dealkylation sites (tertiary alicyclic amines) is 1. The molecule has 0 aromatic heterocycles. The highest BCUT2D eigenvalue weighted by molar-refractivity contribution is 6.33. The van der Waals surface area contributed by atoms with Gasteiger partial charge in [-0.3, -0.25) is 24.2 Å². The number of aromatic hydroxyl groups is 1. The molecule has 12 heteroatoms. The van der Waals surface area contributed by atoms with E-state index in [0.717, 1.165) is 13.0 Å². The van der Waals surface area contributed by atoms with Gasteiger partial charge < -0.3 is 31.3 Å². The second kappa shape index (κ2) is 10.4. The summed E-state index contributed by atoms with van der Waals surface area (Å²) < 4.78 is 0. The van der Waals surface area contributed by atoms with Crippen molar-refractivity contribution >= 4 is 29.1 Å². The van der Waals surface area contributed by atoms with E-state index in [4.69, 9.17) is 17.3 Å². The van der Waals surface area contributed by atoms with E-state index in [0.29, 0.717) is 35.7 Å². The van der Waals surface area contributed by atoms with Crippen LogP contribution in [0.15, 0.2) is 28.7 Å². The summed E-state index contributed by atoms with van der Waals surface area (Å²) in [5.74, 6) is -6.80. The first-order valence-electron chi connectivity index (χ1n) is 13.8. The second-order valence-electron chi connectivity index (χ2n) is 12.1. The zero-order chi connectivity index (χ0) is 30.1. The number of fused-ring (bicyclic) bond motifs is 3. The average Bonchev–Trinajstić information content (AvgIpc) is 3.04. The first-order chi connectivity index (χ1) is 19.2. The molecule has 0 radical (unpaired) electrons. The van der Waals surface area contributed by atoms with Crippen LogP contribution in [-0.4, -0.2) is 97.7 Å². The number of hydrogen-bond donors (Lipinski definition) is 6. The quantitative estimate of drug-likeness (QED) is 0.280. The zero-order valence-electron chi connectivity index (χ0n) is 23.2. The first kappa shape index (κ1) is 29.5. The molecule has 7 N–H and O–H groups in total. The number of hydrogen-bond acceptors (Lipinski definition) is 10. The van der Waals surface area contributed by atoms with Crippen LogP contribution < -0.4 is 5.73 Å². The molecule has 0 saturated carbocycles. The Bertz CT molecular complexity index is 1390. The molecule has 1 aromatic carbocycles. The van der Waals surface area contributed by atoms with Gasteiger partial charge in [-0.15, -0.1) is 0 Å².